The minimum atomic E-state index is -0.737. The first-order chi connectivity index (χ1) is 12.9. The van der Waals surface area contributed by atoms with Gasteiger partial charge in [-0.1, -0.05) is 17.4 Å². The van der Waals surface area contributed by atoms with Gasteiger partial charge in [-0.25, -0.2) is 18.2 Å². The maximum absolute atomic E-state index is 13.9. The Kier molecular flexibility index (Phi) is 4.40. The van der Waals surface area contributed by atoms with Gasteiger partial charge in [0, 0.05) is 17.3 Å². The van der Waals surface area contributed by atoms with Gasteiger partial charge in [0.15, 0.2) is 9.60 Å². The Balaban J connectivity index is 1.83. The summed E-state index contributed by atoms with van der Waals surface area (Å²) in [5.41, 5.74) is 0.709. The van der Waals surface area contributed by atoms with Gasteiger partial charge in [0.25, 0.3) is 5.56 Å². The van der Waals surface area contributed by atoms with E-state index in [1.807, 2.05) is 0 Å². The number of hydrogen-bond donors (Lipinski definition) is 0. The lowest BCUT2D eigenvalue weighted by Crippen LogP contribution is -2.21. The van der Waals surface area contributed by atoms with Gasteiger partial charge < -0.3 is 0 Å². The first-order valence-electron chi connectivity index (χ1n) is 7.75. The SMILES string of the molecule is O=c1c2sc(=S)n(-c3ccc(F)cc3)c2ncn1Cc1ccc(F)cc1F. The molecule has 9 heteroatoms. The molecule has 0 amide bonds. The van der Waals surface area contributed by atoms with Gasteiger partial charge >= 0.3 is 0 Å². The van der Waals surface area contributed by atoms with Gasteiger partial charge in [0.1, 0.15) is 28.5 Å². The molecule has 136 valence electrons. The molecule has 0 saturated heterocycles. The first kappa shape index (κ1) is 17.6. The number of rotatable bonds is 3. The summed E-state index contributed by atoms with van der Waals surface area (Å²) in [6.07, 6.45) is 1.29. The molecule has 4 aromatic rings. The van der Waals surface area contributed by atoms with Gasteiger partial charge in [-0.2, -0.15) is 0 Å². The van der Waals surface area contributed by atoms with Crippen LogP contribution in [0.15, 0.2) is 53.6 Å². The van der Waals surface area contributed by atoms with Crippen LogP contribution in [-0.2, 0) is 6.54 Å². The monoisotopic (exact) mass is 405 g/mol. The summed E-state index contributed by atoms with van der Waals surface area (Å²) in [6.45, 7) is -0.0882. The summed E-state index contributed by atoms with van der Waals surface area (Å²) in [5, 5.41) is 0. The third-order valence-corrected chi connectivity index (χ3v) is 5.35. The molecule has 0 bridgehead atoms. The molecule has 0 radical (unpaired) electrons. The zero-order chi connectivity index (χ0) is 19.1. The Labute approximate surface area is 159 Å². The van der Waals surface area contributed by atoms with Crippen LogP contribution in [0, 0.1) is 21.4 Å². The molecule has 4 rings (SSSR count). The molecule has 27 heavy (non-hydrogen) atoms. The van der Waals surface area contributed by atoms with Gasteiger partial charge in [-0.05, 0) is 42.5 Å². The van der Waals surface area contributed by atoms with Gasteiger partial charge in [-0.3, -0.25) is 13.9 Å². The van der Waals surface area contributed by atoms with E-state index in [1.54, 1.807) is 16.7 Å². The smallest absolute Gasteiger partial charge is 0.273 e. The highest BCUT2D eigenvalue weighted by molar-refractivity contribution is 7.73. The average molecular weight is 405 g/mol. The van der Waals surface area contributed by atoms with E-state index in [0.29, 0.717) is 20.0 Å². The topological polar surface area (TPSA) is 39.8 Å². The van der Waals surface area contributed by atoms with Crippen molar-refractivity contribution in [2.45, 2.75) is 6.54 Å². The summed E-state index contributed by atoms with van der Waals surface area (Å²) in [5.74, 6) is -1.81. The van der Waals surface area contributed by atoms with E-state index in [-0.39, 0.29) is 23.5 Å². The second-order valence-electron chi connectivity index (χ2n) is 5.75. The largest absolute Gasteiger partial charge is 0.293 e. The van der Waals surface area contributed by atoms with Crippen LogP contribution in [0.2, 0.25) is 0 Å². The van der Waals surface area contributed by atoms with Crippen molar-refractivity contribution in [3.05, 3.63) is 86.1 Å². The second kappa shape index (κ2) is 6.75. The lowest BCUT2D eigenvalue weighted by atomic mass is 10.2. The van der Waals surface area contributed by atoms with Crippen LogP contribution in [-0.4, -0.2) is 14.1 Å². The number of halogens is 3. The molecule has 0 N–H and O–H groups in total. The minimum Gasteiger partial charge on any atom is -0.293 e. The van der Waals surface area contributed by atoms with Gasteiger partial charge in [0.05, 0.1) is 6.54 Å². The van der Waals surface area contributed by atoms with Crippen LogP contribution in [0.3, 0.4) is 0 Å². The molecule has 2 aromatic heterocycles. The lowest BCUT2D eigenvalue weighted by molar-refractivity contribution is 0.564. The Hall–Kier alpha value is -2.78. The zero-order valence-corrected chi connectivity index (χ0v) is 15.2. The van der Waals surface area contributed by atoms with Crippen molar-refractivity contribution in [2.24, 2.45) is 0 Å². The van der Waals surface area contributed by atoms with Crippen LogP contribution < -0.4 is 5.56 Å². The lowest BCUT2D eigenvalue weighted by Gasteiger charge is -2.08. The fourth-order valence-corrected chi connectivity index (χ4v) is 4.03. The first-order valence-corrected chi connectivity index (χ1v) is 8.97. The van der Waals surface area contributed by atoms with Crippen LogP contribution in [0.5, 0.6) is 0 Å². The highest BCUT2D eigenvalue weighted by atomic mass is 32.1. The van der Waals surface area contributed by atoms with Gasteiger partial charge in [0.2, 0.25) is 0 Å². The van der Waals surface area contributed by atoms with E-state index in [9.17, 15) is 18.0 Å². The Bertz CT molecular complexity index is 1280. The third kappa shape index (κ3) is 3.19. The molecule has 0 fully saturated rings. The van der Waals surface area contributed by atoms with Crippen LogP contribution in [0.4, 0.5) is 13.2 Å². The van der Waals surface area contributed by atoms with Crippen molar-refractivity contribution < 1.29 is 13.2 Å². The van der Waals surface area contributed by atoms with Crippen LogP contribution in [0.1, 0.15) is 5.56 Å². The molecule has 0 spiro atoms. The minimum absolute atomic E-state index is 0.0882. The predicted octanol–water partition coefficient (Wildman–Crippen LogP) is 4.44. The van der Waals surface area contributed by atoms with E-state index in [0.717, 1.165) is 23.5 Å². The Morgan fingerprint density at radius 1 is 1.04 bits per heavy atom. The van der Waals surface area contributed by atoms with Crippen molar-refractivity contribution in [3.63, 3.8) is 0 Å². The molecule has 0 atom stereocenters. The third-order valence-electron chi connectivity index (χ3n) is 4.00. The summed E-state index contributed by atoms with van der Waals surface area (Å²) in [4.78, 5) is 17.1. The normalized spacial score (nSPS) is 11.2. The average Bonchev–Trinajstić information content (AvgIpc) is 2.97. The fraction of sp³-hybridized carbons (Fsp3) is 0.0556. The fourth-order valence-electron chi connectivity index (χ4n) is 2.69. The van der Waals surface area contributed by atoms with E-state index < -0.39 is 11.6 Å². The van der Waals surface area contributed by atoms with Crippen molar-refractivity contribution in [1.29, 1.82) is 0 Å². The molecule has 0 saturated carbocycles. The maximum atomic E-state index is 13.9. The Morgan fingerprint density at radius 3 is 2.44 bits per heavy atom. The van der Waals surface area contributed by atoms with Gasteiger partial charge in [-0.15, -0.1) is 0 Å². The molecular formula is C18H10F3N3OS2. The summed E-state index contributed by atoms with van der Waals surface area (Å²) < 4.78 is 43.6. The number of fused-ring (bicyclic) bond motifs is 1. The molecular weight excluding hydrogens is 395 g/mol. The van der Waals surface area contributed by atoms with Crippen LogP contribution in [0.25, 0.3) is 16.0 Å². The molecule has 2 aromatic carbocycles. The summed E-state index contributed by atoms with van der Waals surface area (Å²) in [7, 11) is 0. The van der Waals surface area contributed by atoms with Crippen molar-refractivity contribution in [3.8, 4) is 5.69 Å². The molecule has 2 heterocycles. The van der Waals surface area contributed by atoms with Crippen LogP contribution >= 0.6 is 23.6 Å². The zero-order valence-electron chi connectivity index (χ0n) is 13.5. The number of benzene rings is 2. The Morgan fingerprint density at radius 2 is 1.74 bits per heavy atom. The molecule has 0 aliphatic heterocycles. The molecule has 0 aliphatic rings. The number of nitrogens with zero attached hydrogens (tertiary/aromatic N) is 3. The quantitative estimate of drug-likeness (QED) is 0.473. The summed E-state index contributed by atoms with van der Waals surface area (Å²) in [6, 6.07) is 8.84. The second-order valence-corrected chi connectivity index (χ2v) is 7.39. The van der Waals surface area contributed by atoms with E-state index >= 15 is 0 Å². The predicted molar refractivity (Wildman–Crippen MR) is 99.5 cm³/mol. The van der Waals surface area contributed by atoms with Crippen molar-refractivity contribution >= 4 is 33.9 Å². The van der Waals surface area contributed by atoms with Crippen molar-refractivity contribution in [1.82, 2.24) is 14.1 Å². The standard InChI is InChI=1S/C18H10F3N3OS2/c19-11-3-5-13(6-4-11)24-16-15(27-18(24)26)17(25)23(9-22-16)8-10-1-2-12(20)7-14(10)21/h1-7,9H,8H2. The van der Waals surface area contributed by atoms with E-state index in [4.69, 9.17) is 12.2 Å². The van der Waals surface area contributed by atoms with E-state index in [2.05, 4.69) is 4.98 Å². The summed E-state index contributed by atoms with van der Waals surface area (Å²) >= 11 is 6.40. The highest BCUT2D eigenvalue weighted by Crippen LogP contribution is 2.23. The number of thiazole rings is 1. The number of aromatic nitrogens is 3. The highest BCUT2D eigenvalue weighted by Gasteiger charge is 2.14. The molecule has 4 nitrogen and oxygen atoms in total. The number of hydrogen-bond acceptors (Lipinski definition) is 4. The molecule has 0 unspecified atom stereocenters. The van der Waals surface area contributed by atoms with Crippen molar-refractivity contribution in [2.75, 3.05) is 0 Å². The maximum Gasteiger partial charge on any atom is 0.273 e. The molecule has 0 aliphatic carbocycles. The van der Waals surface area contributed by atoms with E-state index in [1.165, 1.54) is 29.1 Å².